The summed E-state index contributed by atoms with van der Waals surface area (Å²) >= 11 is 1.69. The van der Waals surface area contributed by atoms with Gasteiger partial charge in [-0.15, -0.1) is 11.3 Å². The van der Waals surface area contributed by atoms with E-state index in [2.05, 4.69) is 57.6 Å². The maximum atomic E-state index is 4.36. The molecule has 0 aliphatic rings. The van der Waals surface area contributed by atoms with E-state index < -0.39 is 0 Å². The zero-order chi connectivity index (χ0) is 15.6. The minimum Gasteiger partial charge on any atom is -0.365 e. The monoisotopic (exact) mass is 321 g/mol. The molecule has 0 aliphatic heterocycles. The zero-order valence-electron chi connectivity index (χ0n) is 12.6. The van der Waals surface area contributed by atoms with Crippen LogP contribution in [-0.4, -0.2) is 19.7 Å². The van der Waals surface area contributed by atoms with Crippen LogP contribution in [0.5, 0.6) is 0 Å². The molecular formula is C17H15N5S. The van der Waals surface area contributed by atoms with Crippen molar-refractivity contribution in [1.82, 2.24) is 19.7 Å². The van der Waals surface area contributed by atoms with Gasteiger partial charge in [0.2, 0.25) is 0 Å². The van der Waals surface area contributed by atoms with Gasteiger partial charge in [-0.2, -0.15) is 5.10 Å². The number of hydrogen-bond acceptors (Lipinski definition) is 5. The molecule has 114 valence electrons. The number of aromatic nitrogens is 4. The number of nitrogens with one attached hydrogen (secondary N) is 1. The molecule has 1 N–H and O–H groups in total. The lowest BCUT2D eigenvalue weighted by Gasteiger charge is -2.07. The lowest BCUT2D eigenvalue weighted by Crippen LogP contribution is -2.02. The van der Waals surface area contributed by atoms with Crippen LogP contribution in [0.3, 0.4) is 0 Å². The van der Waals surface area contributed by atoms with Gasteiger partial charge in [0.05, 0.1) is 11.1 Å². The van der Waals surface area contributed by atoms with E-state index in [-0.39, 0.29) is 0 Å². The highest BCUT2D eigenvalue weighted by Crippen LogP contribution is 2.27. The van der Waals surface area contributed by atoms with Crippen LogP contribution in [0.4, 0.5) is 5.82 Å². The number of aryl methyl sites for hydroxylation is 1. The summed E-state index contributed by atoms with van der Waals surface area (Å²) in [4.78, 5) is 10.9. The summed E-state index contributed by atoms with van der Waals surface area (Å²) in [5, 5.41) is 8.72. The lowest BCUT2D eigenvalue weighted by molar-refractivity contribution is 0.879. The molecule has 0 amide bonds. The summed E-state index contributed by atoms with van der Waals surface area (Å²) in [6, 6.07) is 12.4. The molecule has 4 rings (SSSR count). The summed E-state index contributed by atoms with van der Waals surface area (Å²) in [5.41, 5.74) is 2.25. The number of thiophene rings is 1. The Morgan fingerprint density at radius 3 is 2.83 bits per heavy atom. The SMILES string of the molecule is Cc1cc2c(NCc3ccc(-n4cccn4)cc3)ncnc2s1. The summed E-state index contributed by atoms with van der Waals surface area (Å²) in [7, 11) is 0. The Morgan fingerprint density at radius 1 is 1.17 bits per heavy atom. The van der Waals surface area contributed by atoms with Crippen LogP contribution in [0.1, 0.15) is 10.4 Å². The van der Waals surface area contributed by atoms with E-state index in [0.717, 1.165) is 28.3 Å². The largest absolute Gasteiger partial charge is 0.365 e. The van der Waals surface area contributed by atoms with Crippen molar-refractivity contribution in [1.29, 1.82) is 0 Å². The molecule has 0 aliphatic carbocycles. The second-order valence-electron chi connectivity index (χ2n) is 5.27. The third-order valence-corrected chi connectivity index (χ3v) is 4.58. The van der Waals surface area contributed by atoms with Crippen molar-refractivity contribution in [3.05, 3.63) is 65.6 Å². The summed E-state index contributed by atoms with van der Waals surface area (Å²) < 4.78 is 1.85. The number of benzene rings is 1. The zero-order valence-corrected chi connectivity index (χ0v) is 13.4. The fourth-order valence-electron chi connectivity index (χ4n) is 2.49. The van der Waals surface area contributed by atoms with Gasteiger partial charge < -0.3 is 5.32 Å². The highest BCUT2D eigenvalue weighted by Gasteiger charge is 2.06. The molecule has 0 spiro atoms. The van der Waals surface area contributed by atoms with Crippen molar-refractivity contribution in [2.45, 2.75) is 13.5 Å². The van der Waals surface area contributed by atoms with Crippen molar-refractivity contribution in [2.75, 3.05) is 5.32 Å². The third-order valence-electron chi connectivity index (χ3n) is 3.62. The fourth-order valence-corrected chi connectivity index (χ4v) is 3.34. The smallest absolute Gasteiger partial charge is 0.138 e. The molecule has 0 saturated heterocycles. The van der Waals surface area contributed by atoms with Gasteiger partial charge in [-0.1, -0.05) is 12.1 Å². The molecule has 1 aromatic carbocycles. The van der Waals surface area contributed by atoms with Crippen LogP contribution in [0.2, 0.25) is 0 Å². The van der Waals surface area contributed by atoms with Crippen LogP contribution < -0.4 is 5.32 Å². The van der Waals surface area contributed by atoms with Crippen molar-refractivity contribution in [2.24, 2.45) is 0 Å². The molecule has 3 aromatic heterocycles. The van der Waals surface area contributed by atoms with Gasteiger partial charge >= 0.3 is 0 Å². The normalized spacial score (nSPS) is 11.0. The maximum absolute atomic E-state index is 4.36. The van der Waals surface area contributed by atoms with Crippen LogP contribution in [0, 0.1) is 6.92 Å². The van der Waals surface area contributed by atoms with Gasteiger partial charge in [-0.3, -0.25) is 0 Å². The first kappa shape index (κ1) is 13.9. The van der Waals surface area contributed by atoms with Crippen LogP contribution in [0.15, 0.2) is 55.1 Å². The van der Waals surface area contributed by atoms with Crippen LogP contribution in [-0.2, 0) is 6.54 Å². The lowest BCUT2D eigenvalue weighted by atomic mass is 10.2. The van der Waals surface area contributed by atoms with Gasteiger partial charge in [0, 0.05) is 23.8 Å². The fraction of sp³-hybridized carbons (Fsp3) is 0.118. The molecule has 4 aromatic rings. The minimum absolute atomic E-state index is 0.723. The molecule has 0 radical (unpaired) electrons. The van der Waals surface area contributed by atoms with Crippen molar-refractivity contribution in [3.63, 3.8) is 0 Å². The van der Waals surface area contributed by atoms with Crippen molar-refractivity contribution < 1.29 is 0 Å². The van der Waals surface area contributed by atoms with Gasteiger partial charge in [0.1, 0.15) is 17.0 Å². The first-order valence-electron chi connectivity index (χ1n) is 7.33. The first-order chi connectivity index (χ1) is 11.3. The Morgan fingerprint density at radius 2 is 2.04 bits per heavy atom. The van der Waals surface area contributed by atoms with E-state index in [0.29, 0.717) is 0 Å². The molecule has 0 fully saturated rings. The molecule has 0 unspecified atom stereocenters. The molecule has 3 heterocycles. The van der Waals surface area contributed by atoms with E-state index >= 15 is 0 Å². The predicted molar refractivity (Wildman–Crippen MR) is 93.0 cm³/mol. The van der Waals surface area contributed by atoms with Gasteiger partial charge in [0.25, 0.3) is 0 Å². The van der Waals surface area contributed by atoms with Crippen LogP contribution >= 0.6 is 11.3 Å². The van der Waals surface area contributed by atoms with Gasteiger partial charge in [-0.05, 0) is 36.8 Å². The number of anilines is 1. The first-order valence-corrected chi connectivity index (χ1v) is 8.15. The summed E-state index contributed by atoms with van der Waals surface area (Å²) in [6.45, 7) is 2.81. The Labute approximate surface area is 137 Å². The second kappa shape index (κ2) is 5.81. The molecule has 0 bridgehead atoms. The van der Waals surface area contributed by atoms with Crippen molar-refractivity contribution in [3.8, 4) is 5.69 Å². The number of rotatable bonds is 4. The average Bonchev–Trinajstić information content (AvgIpc) is 3.22. The van der Waals surface area contributed by atoms with E-state index in [1.54, 1.807) is 23.9 Å². The number of hydrogen-bond donors (Lipinski definition) is 1. The molecule has 0 saturated carbocycles. The highest BCUT2D eigenvalue weighted by molar-refractivity contribution is 7.18. The molecule has 0 atom stereocenters. The predicted octanol–water partition coefficient (Wildman–Crippen LogP) is 3.80. The molecule has 6 heteroatoms. The Bertz CT molecular complexity index is 925. The highest BCUT2D eigenvalue weighted by atomic mass is 32.1. The minimum atomic E-state index is 0.723. The Hall–Kier alpha value is -2.73. The number of nitrogens with zero attached hydrogens (tertiary/aromatic N) is 4. The van der Waals surface area contributed by atoms with Gasteiger partial charge in [-0.25, -0.2) is 14.6 Å². The van der Waals surface area contributed by atoms with E-state index in [4.69, 9.17) is 0 Å². The maximum Gasteiger partial charge on any atom is 0.138 e. The Kier molecular flexibility index (Phi) is 3.51. The van der Waals surface area contributed by atoms with E-state index in [1.165, 1.54) is 10.4 Å². The van der Waals surface area contributed by atoms with E-state index in [1.807, 2.05) is 16.9 Å². The molecule has 23 heavy (non-hydrogen) atoms. The standard InChI is InChI=1S/C17H15N5S/c1-12-9-15-16(19-11-20-17(15)23-12)18-10-13-3-5-14(6-4-13)22-8-2-7-21-22/h2-9,11H,10H2,1H3,(H,18,19,20). The average molecular weight is 321 g/mol. The third kappa shape index (κ3) is 2.80. The number of fused-ring (bicyclic) bond motifs is 1. The molecular weight excluding hydrogens is 306 g/mol. The van der Waals surface area contributed by atoms with Crippen molar-refractivity contribution >= 4 is 27.4 Å². The van der Waals surface area contributed by atoms with Gasteiger partial charge in [0.15, 0.2) is 0 Å². The second-order valence-corrected chi connectivity index (χ2v) is 6.50. The van der Waals surface area contributed by atoms with Crippen LogP contribution in [0.25, 0.3) is 15.9 Å². The topological polar surface area (TPSA) is 55.6 Å². The Balaban J connectivity index is 1.52. The summed E-state index contributed by atoms with van der Waals surface area (Å²) in [6.07, 6.45) is 5.32. The molecule has 5 nitrogen and oxygen atoms in total. The van der Waals surface area contributed by atoms with E-state index in [9.17, 15) is 0 Å². The summed E-state index contributed by atoms with van der Waals surface area (Å²) in [5.74, 6) is 0.885. The quantitative estimate of drug-likeness (QED) is 0.621.